The highest BCUT2D eigenvalue weighted by Gasteiger charge is 2.33. The van der Waals surface area contributed by atoms with Crippen molar-refractivity contribution in [1.82, 2.24) is 20.9 Å². The molecule has 14 heteroatoms. The van der Waals surface area contributed by atoms with E-state index < -0.39 is 60.7 Å². The minimum atomic E-state index is -3.06. The van der Waals surface area contributed by atoms with Crippen molar-refractivity contribution in [3.63, 3.8) is 0 Å². The van der Waals surface area contributed by atoms with Crippen LogP contribution in [0.25, 0.3) is 10.9 Å². The zero-order valence-electron chi connectivity index (χ0n) is 21.8. The van der Waals surface area contributed by atoms with E-state index in [-0.39, 0.29) is 29.2 Å². The van der Waals surface area contributed by atoms with Gasteiger partial charge >= 0.3 is 12.6 Å². The second-order valence-electron chi connectivity index (χ2n) is 9.73. The highest BCUT2D eigenvalue weighted by atomic mass is 19.3. The zero-order valence-corrected chi connectivity index (χ0v) is 21.8. The number of aromatic amines is 1. The van der Waals surface area contributed by atoms with Crippen LogP contribution in [0.4, 0.5) is 8.78 Å². The molecule has 0 unspecified atom stereocenters. The van der Waals surface area contributed by atoms with Crippen LogP contribution in [0.5, 0.6) is 5.75 Å². The van der Waals surface area contributed by atoms with Crippen LogP contribution in [0.1, 0.15) is 43.6 Å². The van der Waals surface area contributed by atoms with Crippen LogP contribution in [0.3, 0.4) is 0 Å². The van der Waals surface area contributed by atoms with E-state index >= 15 is 0 Å². The van der Waals surface area contributed by atoms with Gasteiger partial charge in [-0.2, -0.15) is 14.0 Å². The van der Waals surface area contributed by atoms with Gasteiger partial charge in [-0.25, -0.2) is 0 Å². The summed E-state index contributed by atoms with van der Waals surface area (Å²) in [5.74, 6) is -4.07. The maximum Gasteiger partial charge on any atom is 0.387 e. The van der Waals surface area contributed by atoms with E-state index in [9.17, 15) is 32.8 Å². The molecule has 0 bridgehead atoms. The Balaban J connectivity index is 1.64. The Labute approximate surface area is 227 Å². The lowest BCUT2D eigenvalue weighted by molar-refractivity contribution is -0.154. The number of carbonyl (C=O) groups is 5. The van der Waals surface area contributed by atoms with Gasteiger partial charge in [-0.05, 0) is 51.3 Å². The van der Waals surface area contributed by atoms with Gasteiger partial charge in [-0.15, -0.1) is 0 Å². The molecule has 3 rings (SSSR count). The topological polar surface area (TPSA) is 179 Å². The van der Waals surface area contributed by atoms with E-state index in [4.69, 9.17) is 10.00 Å². The third kappa shape index (κ3) is 7.75. The van der Waals surface area contributed by atoms with Crippen molar-refractivity contribution >= 4 is 40.4 Å². The average molecular weight is 562 g/mol. The van der Waals surface area contributed by atoms with Gasteiger partial charge in [0.15, 0.2) is 12.4 Å². The number of nitrogens with one attached hydrogen (secondary N) is 4. The third-order valence-electron chi connectivity index (χ3n) is 6.27. The number of ketones is 1. The van der Waals surface area contributed by atoms with E-state index in [2.05, 4.69) is 25.7 Å². The second kappa shape index (κ2) is 13.0. The predicted molar refractivity (Wildman–Crippen MR) is 135 cm³/mol. The van der Waals surface area contributed by atoms with E-state index in [0.29, 0.717) is 24.9 Å². The number of piperidine rings is 1. The van der Waals surface area contributed by atoms with Crippen molar-refractivity contribution in [3.05, 3.63) is 30.0 Å². The number of nitriles is 1. The molecule has 214 valence electrons. The van der Waals surface area contributed by atoms with Crippen LogP contribution in [0.15, 0.2) is 24.3 Å². The fourth-order valence-electron chi connectivity index (χ4n) is 4.03. The number of alkyl halides is 2. The fraction of sp³-hybridized carbons (Fsp3) is 0.462. The number of nitrogens with zero attached hydrogens (tertiary/aromatic N) is 1. The van der Waals surface area contributed by atoms with Crippen molar-refractivity contribution in [3.8, 4) is 11.8 Å². The van der Waals surface area contributed by atoms with Crippen LogP contribution in [-0.2, 0) is 23.9 Å². The first-order valence-electron chi connectivity index (χ1n) is 12.4. The third-order valence-corrected chi connectivity index (χ3v) is 6.27. The Morgan fingerprint density at radius 3 is 2.67 bits per heavy atom. The number of fused-ring (bicyclic) bond motifs is 1. The number of aromatic nitrogens is 1. The Morgan fingerprint density at radius 1 is 1.25 bits per heavy atom. The SMILES string of the molecule is CC(C)(C#N)C(=O)OCC(=O)[C@H](C[C@@H]1CCCNC1=O)NC(=O)CNC(=O)c1cc2c(OC(F)F)cccc2[nH]1. The Kier molecular flexibility index (Phi) is 9.76. The Morgan fingerprint density at radius 2 is 2.00 bits per heavy atom. The van der Waals surface area contributed by atoms with Crippen molar-refractivity contribution in [1.29, 1.82) is 5.26 Å². The van der Waals surface area contributed by atoms with Gasteiger partial charge in [-0.3, -0.25) is 24.0 Å². The van der Waals surface area contributed by atoms with E-state index in [1.54, 1.807) is 12.1 Å². The number of esters is 1. The first-order chi connectivity index (χ1) is 18.9. The molecule has 0 spiro atoms. The van der Waals surface area contributed by atoms with Gasteiger partial charge in [0.2, 0.25) is 11.8 Å². The summed E-state index contributed by atoms with van der Waals surface area (Å²) >= 11 is 0. The number of H-pyrrole nitrogens is 1. The van der Waals surface area contributed by atoms with Gasteiger partial charge < -0.3 is 30.4 Å². The minimum absolute atomic E-state index is 0.0216. The Hall–Kier alpha value is -4.54. The van der Waals surface area contributed by atoms with Gasteiger partial charge in [-0.1, -0.05) is 6.07 Å². The molecule has 0 radical (unpaired) electrons. The number of benzene rings is 1. The summed E-state index contributed by atoms with van der Waals surface area (Å²) in [4.78, 5) is 65.2. The number of carbonyl (C=O) groups excluding carboxylic acids is 5. The standard InChI is InChI=1S/C26H29F2N5O7/c1-26(2,13-29)24(38)39-12-19(34)17(9-14-5-4-8-30-22(14)36)33-21(35)11-31-23(37)18-10-15-16(32-18)6-3-7-20(15)40-25(27)28/h3,6-7,10,14,17,25,32H,4-5,8-9,11-12H2,1-2H3,(H,30,36)(H,31,37)(H,33,35)/t14-,17-/m0/s1. The molecule has 2 heterocycles. The highest BCUT2D eigenvalue weighted by Crippen LogP contribution is 2.27. The molecule has 0 aliphatic carbocycles. The summed E-state index contributed by atoms with van der Waals surface area (Å²) in [7, 11) is 0. The number of halogens is 2. The van der Waals surface area contributed by atoms with Gasteiger partial charge in [0.25, 0.3) is 5.91 Å². The molecule has 1 aromatic heterocycles. The van der Waals surface area contributed by atoms with Gasteiger partial charge in [0.05, 0.1) is 18.7 Å². The normalized spacial score (nSPS) is 16.0. The smallest absolute Gasteiger partial charge is 0.387 e. The first-order valence-corrected chi connectivity index (χ1v) is 12.4. The molecule has 0 saturated carbocycles. The molecule has 2 aromatic rings. The van der Waals surface area contributed by atoms with Gasteiger partial charge in [0.1, 0.15) is 16.9 Å². The number of Topliss-reactive ketones (excluding diaryl/α,β-unsaturated/α-hetero) is 1. The molecule has 1 fully saturated rings. The number of hydrogen-bond acceptors (Lipinski definition) is 8. The van der Waals surface area contributed by atoms with Crippen LogP contribution >= 0.6 is 0 Å². The molecule has 1 aliphatic rings. The van der Waals surface area contributed by atoms with Crippen molar-refractivity contribution in [2.75, 3.05) is 19.7 Å². The quantitative estimate of drug-likeness (QED) is 0.282. The molecule has 4 N–H and O–H groups in total. The number of rotatable bonds is 12. The zero-order chi connectivity index (χ0) is 29.4. The molecular formula is C26H29F2N5O7. The minimum Gasteiger partial charge on any atom is -0.456 e. The fourth-order valence-corrected chi connectivity index (χ4v) is 4.03. The van der Waals surface area contributed by atoms with Crippen LogP contribution < -0.4 is 20.7 Å². The first kappa shape index (κ1) is 30.0. The summed E-state index contributed by atoms with van der Waals surface area (Å²) in [6.45, 7) is -1.19. The summed E-state index contributed by atoms with van der Waals surface area (Å²) in [6, 6.07) is 6.19. The average Bonchev–Trinajstić information content (AvgIpc) is 3.36. The number of ether oxygens (including phenoxy) is 2. The highest BCUT2D eigenvalue weighted by molar-refractivity contribution is 6.01. The summed E-state index contributed by atoms with van der Waals surface area (Å²) < 4.78 is 34.8. The number of hydrogen-bond donors (Lipinski definition) is 4. The molecule has 1 aliphatic heterocycles. The maximum absolute atomic E-state index is 12.9. The lowest BCUT2D eigenvalue weighted by atomic mass is 9.90. The van der Waals surface area contributed by atoms with E-state index in [1.807, 2.05) is 0 Å². The van der Waals surface area contributed by atoms with E-state index in [0.717, 1.165) is 0 Å². The monoisotopic (exact) mass is 561 g/mol. The second-order valence-corrected chi connectivity index (χ2v) is 9.73. The molecule has 1 aromatic carbocycles. The lowest BCUT2D eigenvalue weighted by Crippen LogP contribution is -2.49. The molecule has 1 saturated heterocycles. The molecular weight excluding hydrogens is 532 g/mol. The summed E-state index contributed by atoms with van der Waals surface area (Å²) in [6.07, 6.45) is 1.11. The molecule has 12 nitrogen and oxygen atoms in total. The van der Waals surface area contributed by atoms with Crippen molar-refractivity contribution in [2.24, 2.45) is 11.3 Å². The van der Waals surface area contributed by atoms with Crippen molar-refractivity contribution in [2.45, 2.75) is 45.8 Å². The van der Waals surface area contributed by atoms with Gasteiger partial charge in [0, 0.05) is 23.4 Å². The lowest BCUT2D eigenvalue weighted by Gasteiger charge is -2.26. The molecule has 2 atom stereocenters. The van der Waals surface area contributed by atoms with Crippen LogP contribution in [-0.4, -0.2) is 66.8 Å². The Bertz CT molecular complexity index is 1330. The largest absolute Gasteiger partial charge is 0.456 e. The molecule has 3 amide bonds. The van der Waals surface area contributed by atoms with Crippen LogP contribution in [0, 0.1) is 22.7 Å². The summed E-state index contributed by atoms with van der Waals surface area (Å²) in [5, 5.41) is 16.8. The maximum atomic E-state index is 12.9. The van der Waals surface area contributed by atoms with Crippen LogP contribution in [0.2, 0.25) is 0 Å². The summed E-state index contributed by atoms with van der Waals surface area (Å²) in [5.41, 5.74) is -1.15. The predicted octanol–water partition coefficient (Wildman–Crippen LogP) is 1.56. The number of amides is 3. The van der Waals surface area contributed by atoms with Crippen molar-refractivity contribution < 1.29 is 42.2 Å². The van der Waals surface area contributed by atoms with E-state index in [1.165, 1.54) is 32.0 Å². The molecule has 40 heavy (non-hydrogen) atoms.